The van der Waals surface area contributed by atoms with Gasteiger partial charge < -0.3 is 20.3 Å². The summed E-state index contributed by atoms with van der Waals surface area (Å²) in [5.41, 5.74) is 5.03. The highest BCUT2D eigenvalue weighted by Crippen LogP contribution is 2.44. The Morgan fingerprint density at radius 1 is 0.822 bits per heavy atom. The van der Waals surface area contributed by atoms with E-state index in [4.69, 9.17) is 15.2 Å². The average molecular weight is 627 g/mol. The van der Waals surface area contributed by atoms with Crippen LogP contribution < -0.4 is 10.5 Å². The van der Waals surface area contributed by atoms with Crippen LogP contribution in [0.5, 0.6) is 5.75 Å². The number of rotatable bonds is 10. The van der Waals surface area contributed by atoms with Crippen LogP contribution >= 0.6 is 0 Å². The number of hydrogen-bond donors (Lipinski definition) is 2. The maximum atomic E-state index is 14.8. The van der Waals surface area contributed by atoms with Gasteiger partial charge in [0.05, 0.1) is 18.1 Å². The first-order valence-electron chi connectivity index (χ1n) is 14.4. The number of aliphatic hydroxyl groups excluding tert-OH is 1. The monoisotopic (exact) mass is 626 g/mol. The van der Waals surface area contributed by atoms with Crippen molar-refractivity contribution in [3.8, 4) is 5.75 Å². The average Bonchev–Trinajstić information content (AvgIpc) is 3.29. The number of aliphatic hydroxyl groups is 1. The molecule has 0 spiro atoms. The van der Waals surface area contributed by atoms with Crippen molar-refractivity contribution in [3.63, 3.8) is 0 Å². The molecule has 4 aromatic rings. The second-order valence-corrected chi connectivity index (χ2v) is 12.5. The van der Waals surface area contributed by atoms with Crippen LogP contribution in [0.25, 0.3) is 0 Å². The summed E-state index contributed by atoms with van der Waals surface area (Å²) in [7, 11) is -3.16. The Kier molecular flexibility index (Phi) is 9.48. The highest BCUT2D eigenvalue weighted by Gasteiger charge is 2.63. The lowest BCUT2D eigenvalue weighted by Gasteiger charge is -2.44. The molecular weight excluding hydrogens is 592 g/mol. The van der Waals surface area contributed by atoms with E-state index in [2.05, 4.69) is 0 Å². The predicted molar refractivity (Wildman–Crippen MR) is 168 cm³/mol. The van der Waals surface area contributed by atoms with Crippen molar-refractivity contribution in [1.82, 2.24) is 4.31 Å². The third kappa shape index (κ3) is 6.12. The molecule has 1 aliphatic rings. The molecular formula is C35H34N2O7S. The Balaban J connectivity index is 1.72. The van der Waals surface area contributed by atoms with Crippen LogP contribution in [0.4, 0.5) is 0 Å². The van der Waals surface area contributed by atoms with E-state index in [9.17, 15) is 23.1 Å². The molecule has 3 N–H and O–H groups in total. The second-order valence-electron chi connectivity index (χ2n) is 10.6. The summed E-state index contributed by atoms with van der Waals surface area (Å²) in [6, 6.07) is 31.8. The molecule has 4 aromatic carbocycles. The van der Waals surface area contributed by atoms with Crippen LogP contribution in [-0.4, -0.2) is 48.9 Å². The Morgan fingerprint density at radius 2 is 1.33 bits per heavy atom. The largest absolute Gasteiger partial charge is 0.497 e. The molecule has 45 heavy (non-hydrogen) atoms. The van der Waals surface area contributed by atoms with Crippen LogP contribution in [0.2, 0.25) is 0 Å². The van der Waals surface area contributed by atoms with Crippen LogP contribution in [0.3, 0.4) is 0 Å². The fraction of sp³-hybridized carbons (Fsp3) is 0.200. The van der Waals surface area contributed by atoms with Gasteiger partial charge in [0.15, 0.2) is 6.10 Å². The predicted octanol–water partition coefficient (Wildman–Crippen LogP) is 4.55. The minimum absolute atomic E-state index is 0.0515. The normalized spacial score (nSPS) is 19.4. The molecule has 1 amide bonds. The van der Waals surface area contributed by atoms with Crippen LogP contribution in [0.1, 0.15) is 35.3 Å². The topological polar surface area (TPSA) is 136 Å². The van der Waals surface area contributed by atoms with Gasteiger partial charge in [0.1, 0.15) is 5.75 Å². The van der Waals surface area contributed by atoms with Gasteiger partial charge in [-0.05, 0) is 47.4 Å². The zero-order valence-corrected chi connectivity index (χ0v) is 25.4. The van der Waals surface area contributed by atoms with E-state index in [-0.39, 0.29) is 17.9 Å². The summed E-state index contributed by atoms with van der Waals surface area (Å²) >= 11 is 0. The Bertz CT molecular complexity index is 1710. The standard InChI is InChI=1S/C35H34N2O7S/c1-43-28-20-22-29(23-21-28)45(41,42)37-24-12-11-19-30(31(38)25-13-5-2-6-14-25)35(37,33(36)39)34(40)44-32(26-15-7-3-8-16-26)27-17-9-4-10-18-27/h2-18,20-23,30-32,38H,19,24H2,1H3,(H2,36,39). The summed E-state index contributed by atoms with van der Waals surface area (Å²) in [5, 5.41) is 11.8. The SMILES string of the molecule is COc1ccc(S(=O)(=O)N2CC=CCC(C(O)c3ccccc3)C2(C(N)=O)C(=O)OC(c2ccccc2)c2ccccc2)cc1. The second kappa shape index (κ2) is 13.5. The summed E-state index contributed by atoms with van der Waals surface area (Å²) < 4.78 is 41.0. The number of allylic oxidation sites excluding steroid dienone is 1. The minimum atomic E-state index is -4.61. The van der Waals surface area contributed by atoms with E-state index in [0.717, 1.165) is 4.31 Å². The summed E-state index contributed by atoms with van der Waals surface area (Å²) in [6.07, 6.45) is 0.624. The van der Waals surface area contributed by atoms with Crippen molar-refractivity contribution in [3.05, 3.63) is 144 Å². The smallest absolute Gasteiger partial charge is 0.338 e. The van der Waals surface area contributed by atoms with Gasteiger partial charge in [-0.15, -0.1) is 0 Å². The zero-order chi connectivity index (χ0) is 32.0. The number of esters is 1. The minimum Gasteiger partial charge on any atom is -0.497 e. The molecule has 0 aromatic heterocycles. The van der Waals surface area contributed by atoms with Crippen LogP contribution in [0.15, 0.2) is 132 Å². The lowest BCUT2D eigenvalue weighted by Crippen LogP contribution is -2.69. The van der Waals surface area contributed by atoms with Crippen molar-refractivity contribution in [2.45, 2.75) is 29.1 Å². The van der Waals surface area contributed by atoms with Gasteiger partial charge in [0.25, 0.3) is 5.91 Å². The van der Waals surface area contributed by atoms with Crippen molar-refractivity contribution in [2.24, 2.45) is 11.7 Å². The Labute approximate surface area is 262 Å². The number of amides is 1. The lowest BCUT2D eigenvalue weighted by atomic mass is 9.75. The molecule has 0 saturated heterocycles. The number of sulfonamides is 1. The van der Waals surface area contributed by atoms with Gasteiger partial charge in [-0.2, -0.15) is 4.31 Å². The summed E-state index contributed by atoms with van der Waals surface area (Å²) in [6.45, 7) is -0.383. The Hall–Kier alpha value is -4.77. The molecule has 0 radical (unpaired) electrons. The Morgan fingerprint density at radius 3 is 1.82 bits per heavy atom. The van der Waals surface area contributed by atoms with Gasteiger partial charge in [0.2, 0.25) is 15.6 Å². The number of carbonyl (C=O) groups excluding carboxylic acids is 2. The number of nitrogens with two attached hydrogens (primary N) is 1. The number of primary amides is 1. The quantitative estimate of drug-likeness (QED) is 0.150. The maximum Gasteiger partial charge on any atom is 0.338 e. The number of benzene rings is 4. The van der Waals surface area contributed by atoms with Gasteiger partial charge in [-0.1, -0.05) is 103 Å². The number of methoxy groups -OCH3 is 1. The van der Waals surface area contributed by atoms with Gasteiger partial charge in [-0.3, -0.25) is 4.79 Å². The van der Waals surface area contributed by atoms with E-state index in [1.54, 1.807) is 84.9 Å². The van der Waals surface area contributed by atoms with E-state index < -0.39 is 45.6 Å². The fourth-order valence-electron chi connectivity index (χ4n) is 5.76. The molecule has 0 aliphatic carbocycles. The molecule has 3 unspecified atom stereocenters. The third-order valence-electron chi connectivity index (χ3n) is 8.04. The molecule has 9 nitrogen and oxygen atoms in total. The van der Waals surface area contributed by atoms with Gasteiger partial charge in [-0.25, -0.2) is 13.2 Å². The molecule has 0 saturated carbocycles. The van der Waals surface area contributed by atoms with Crippen LogP contribution in [0, 0.1) is 5.92 Å². The lowest BCUT2D eigenvalue weighted by molar-refractivity contribution is -0.170. The van der Waals surface area contributed by atoms with E-state index in [1.807, 2.05) is 12.1 Å². The number of ether oxygens (including phenoxy) is 2. The molecule has 1 aliphatic heterocycles. The molecule has 3 atom stereocenters. The molecule has 0 fully saturated rings. The van der Waals surface area contributed by atoms with Crippen molar-refractivity contribution in [1.29, 1.82) is 0 Å². The summed E-state index contributed by atoms with van der Waals surface area (Å²) in [5.74, 6) is -3.42. The molecule has 5 rings (SSSR count). The maximum absolute atomic E-state index is 14.8. The molecule has 0 bridgehead atoms. The highest BCUT2D eigenvalue weighted by molar-refractivity contribution is 7.89. The highest BCUT2D eigenvalue weighted by atomic mass is 32.2. The van der Waals surface area contributed by atoms with E-state index in [1.165, 1.54) is 37.5 Å². The van der Waals surface area contributed by atoms with Gasteiger partial charge in [0, 0.05) is 12.5 Å². The van der Waals surface area contributed by atoms with Crippen LogP contribution in [-0.2, 0) is 24.3 Å². The van der Waals surface area contributed by atoms with Gasteiger partial charge >= 0.3 is 5.97 Å². The third-order valence-corrected chi connectivity index (χ3v) is 9.93. The van der Waals surface area contributed by atoms with E-state index >= 15 is 0 Å². The van der Waals surface area contributed by atoms with Crippen molar-refractivity contribution >= 4 is 21.9 Å². The number of hydrogen-bond acceptors (Lipinski definition) is 7. The molecule has 10 heteroatoms. The first-order chi connectivity index (χ1) is 21.7. The molecule has 1 heterocycles. The number of carbonyl (C=O) groups is 2. The first-order valence-corrected chi connectivity index (χ1v) is 15.8. The van der Waals surface area contributed by atoms with Crippen molar-refractivity contribution in [2.75, 3.05) is 13.7 Å². The molecule has 232 valence electrons. The van der Waals surface area contributed by atoms with E-state index in [0.29, 0.717) is 22.4 Å². The van der Waals surface area contributed by atoms with Crippen molar-refractivity contribution < 1.29 is 32.6 Å². The number of nitrogens with zero attached hydrogens (tertiary/aromatic N) is 1. The fourth-order valence-corrected chi connectivity index (χ4v) is 7.45. The zero-order valence-electron chi connectivity index (χ0n) is 24.6. The first kappa shape index (κ1) is 31.6. The summed E-state index contributed by atoms with van der Waals surface area (Å²) in [4.78, 5) is 28.5.